The van der Waals surface area contributed by atoms with Crippen LogP contribution < -0.4 is 0 Å². The van der Waals surface area contributed by atoms with E-state index < -0.39 is 0 Å². The van der Waals surface area contributed by atoms with E-state index >= 15 is 0 Å². The van der Waals surface area contributed by atoms with Crippen LogP contribution in [-0.2, 0) is 11.8 Å². The summed E-state index contributed by atoms with van der Waals surface area (Å²) in [4.78, 5) is 12.6. The molecule has 0 amide bonds. The maximum absolute atomic E-state index is 12.6. The number of hydrogen-bond acceptors (Lipinski definition) is 1. The molecule has 1 aliphatic carbocycles. The first-order valence-corrected chi connectivity index (χ1v) is 8.06. The van der Waals surface area contributed by atoms with Crippen molar-refractivity contribution in [1.82, 2.24) is 0 Å². The van der Waals surface area contributed by atoms with E-state index in [0.717, 1.165) is 23.1 Å². The van der Waals surface area contributed by atoms with Crippen LogP contribution in [0.5, 0.6) is 0 Å². The molecule has 3 rings (SSSR count). The third kappa shape index (κ3) is 2.39. The molecule has 0 radical (unpaired) electrons. The summed E-state index contributed by atoms with van der Waals surface area (Å²) in [6.07, 6.45) is 0.883. The van der Waals surface area contributed by atoms with Crippen molar-refractivity contribution in [3.05, 3.63) is 58.7 Å². The lowest BCUT2D eigenvalue weighted by Gasteiger charge is -2.19. The molecule has 1 atom stereocenters. The van der Waals surface area contributed by atoms with Crippen molar-refractivity contribution in [2.75, 3.05) is 0 Å². The molecule has 22 heavy (non-hydrogen) atoms. The van der Waals surface area contributed by atoms with Crippen molar-refractivity contribution in [2.45, 2.75) is 46.5 Å². The minimum Gasteiger partial charge on any atom is -0.294 e. The number of carbonyl (C=O) groups excluding carboxylic acids is 1. The van der Waals surface area contributed by atoms with Gasteiger partial charge in [0.05, 0.1) is 0 Å². The molecule has 0 saturated heterocycles. The van der Waals surface area contributed by atoms with Crippen LogP contribution in [0.2, 0.25) is 0 Å². The van der Waals surface area contributed by atoms with Crippen LogP contribution in [0.3, 0.4) is 0 Å². The Bertz CT molecular complexity index is 730. The summed E-state index contributed by atoms with van der Waals surface area (Å²) in [6.45, 7) is 10.8. The minimum atomic E-state index is 0.115. The third-order valence-corrected chi connectivity index (χ3v) is 4.81. The predicted octanol–water partition coefficient (Wildman–Crippen LogP) is 5.33. The highest BCUT2D eigenvalue weighted by molar-refractivity contribution is 6.07. The second-order valence-electron chi connectivity index (χ2n) is 7.58. The van der Waals surface area contributed by atoms with Crippen molar-refractivity contribution in [2.24, 2.45) is 5.92 Å². The normalized spacial score (nSPS) is 17.7. The Kier molecular flexibility index (Phi) is 3.47. The molecule has 2 aromatic carbocycles. The van der Waals surface area contributed by atoms with Crippen LogP contribution in [0, 0.1) is 12.8 Å². The second kappa shape index (κ2) is 5.08. The van der Waals surface area contributed by atoms with Crippen molar-refractivity contribution >= 4 is 5.78 Å². The topological polar surface area (TPSA) is 17.1 Å². The van der Waals surface area contributed by atoms with E-state index in [2.05, 4.69) is 64.1 Å². The maximum atomic E-state index is 12.6. The van der Waals surface area contributed by atoms with Crippen LogP contribution in [-0.4, -0.2) is 5.78 Å². The Morgan fingerprint density at radius 2 is 1.64 bits per heavy atom. The standard InChI is InChI=1S/C21H24O/c1-13-6-11-17(19-18(13)12-14(2)20(19)22)15-7-9-16(10-8-15)21(3,4)5/h6-11,14H,12H2,1-5H3. The van der Waals surface area contributed by atoms with Crippen molar-refractivity contribution in [3.8, 4) is 11.1 Å². The van der Waals surface area contributed by atoms with Gasteiger partial charge in [0.15, 0.2) is 5.78 Å². The molecule has 114 valence electrons. The number of Topliss-reactive ketones (excluding diaryl/α,β-unsaturated/α-hetero) is 1. The van der Waals surface area contributed by atoms with E-state index in [1.165, 1.54) is 16.7 Å². The van der Waals surface area contributed by atoms with E-state index in [9.17, 15) is 4.79 Å². The molecular formula is C21H24O. The number of aryl methyl sites for hydroxylation is 1. The fraction of sp³-hybridized carbons (Fsp3) is 0.381. The molecule has 1 unspecified atom stereocenters. The molecule has 1 aliphatic rings. The van der Waals surface area contributed by atoms with Gasteiger partial charge in [0.2, 0.25) is 0 Å². The minimum absolute atomic E-state index is 0.115. The Morgan fingerprint density at radius 3 is 2.23 bits per heavy atom. The first-order valence-electron chi connectivity index (χ1n) is 8.06. The predicted molar refractivity (Wildman–Crippen MR) is 92.5 cm³/mol. The zero-order valence-electron chi connectivity index (χ0n) is 14.2. The first-order chi connectivity index (χ1) is 10.3. The zero-order chi connectivity index (χ0) is 16.1. The molecule has 0 aliphatic heterocycles. The largest absolute Gasteiger partial charge is 0.294 e. The highest BCUT2D eigenvalue weighted by Gasteiger charge is 2.31. The van der Waals surface area contributed by atoms with Gasteiger partial charge in [-0.1, -0.05) is 64.1 Å². The third-order valence-electron chi connectivity index (χ3n) is 4.81. The monoisotopic (exact) mass is 292 g/mol. The molecule has 0 heterocycles. The SMILES string of the molecule is Cc1ccc(-c2ccc(C(C)(C)C)cc2)c2c1CC(C)C2=O. The lowest BCUT2D eigenvalue weighted by molar-refractivity contribution is 0.0947. The van der Waals surface area contributed by atoms with E-state index in [-0.39, 0.29) is 11.3 Å². The highest BCUT2D eigenvalue weighted by atomic mass is 16.1. The summed E-state index contributed by atoms with van der Waals surface area (Å²) in [5.74, 6) is 0.414. The summed E-state index contributed by atoms with van der Waals surface area (Å²) in [5.41, 5.74) is 7.15. The van der Waals surface area contributed by atoms with E-state index in [1.807, 2.05) is 6.92 Å². The van der Waals surface area contributed by atoms with E-state index in [0.29, 0.717) is 5.78 Å². The number of ketones is 1. The first kappa shape index (κ1) is 15.0. The zero-order valence-corrected chi connectivity index (χ0v) is 14.2. The number of rotatable bonds is 1. The molecular weight excluding hydrogens is 268 g/mol. The summed E-state index contributed by atoms with van der Waals surface area (Å²) in [6, 6.07) is 12.9. The molecule has 1 heteroatoms. The molecule has 1 nitrogen and oxygen atoms in total. The number of hydrogen-bond donors (Lipinski definition) is 0. The number of benzene rings is 2. The average Bonchev–Trinajstić information content (AvgIpc) is 2.76. The lowest BCUT2D eigenvalue weighted by Crippen LogP contribution is -2.10. The van der Waals surface area contributed by atoms with Gasteiger partial charge in [-0.25, -0.2) is 0 Å². The Labute approximate surface area is 133 Å². The van der Waals surface area contributed by atoms with E-state index in [4.69, 9.17) is 0 Å². The molecule has 0 saturated carbocycles. The second-order valence-corrected chi connectivity index (χ2v) is 7.58. The molecule has 0 spiro atoms. The van der Waals surface area contributed by atoms with Gasteiger partial charge in [-0.3, -0.25) is 4.79 Å². The van der Waals surface area contributed by atoms with Gasteiger partial charge in [0, 0.05) is 11.5 Å². The van der Waals surface area contributed by atoms with Crippen LogP contribution in [0.4, 0.5) is 0 Å². The highest BCUT2D eigenvalue weighted by Crippen LogP contribution is 2.37. The van der Waals surface area contributed by atoms with Gasteiger partial charge in [0.1, 0.15) is 0 Å². The molecule has 0 N–H and O–H groups in total. The van der Waals surface area contributed by atoms with Gasteiger partial charge in [-0.05, 0) is 46.6 Å². The summed E-state index contributed by atoms with van der Waals surface area (Å²) >= 11 is 0. The summed E-state index contributed by atoms with van der Waals surface area (Å²) < 4.78 is 0. The van der Waals surface area contributed by atoms with Crippen LogP contribution in [0.15, 0.2) is 36.4 Å². The van der Waals surface area contributed by atoms with Crippen molar-refractivity contribution in [1.29, 1.82) is 0 Å². The molecule has 0 fully saturated rings. The van der Waals surface area contributed by atoms with Crippen LogP contribution in [0.25, 0.3) is 11.1 Å². The lowest BCUT2D eigenvalue weighted by atomic mass is 9.85. The van der Waals surface area contributed by atoms with Gasteiger partial charge >= 0.3 is 0 Å². The summed E-state index contributed by atoms with van der Waals surface area (Å²) in [5, 5.41) is 0. The molecule has 0 bridgehead atoms. The fourth-order valence-corrected chi connectivity index (χ4v) is 3.33. The number of carbonyl (C=O) groups is 1. The maximum Gasteiger partial charge on any atom is 0.166 e. The number of fused-ring (bicyclic) bond motifs is 1. The Morgan fingerprint density at radius 1 is 1.00 bits per heavy atom. The van der Waals surface area contributed by atoms with Gasteiger partial charge in [-0.15, -0.1) is 0 Å². The van der Waals surface area contributed by atoms with Crippen LogP contribution in [0.1, 0.15) is 54.7 Å². The van der Waals surface area contributed by atoms with Crippen molar-refractivity contribution in [3.63, 3.8) is 0 Å². The van der Waals surface area contributed by atoms with Gasteiger partial charge < -0.3 is 0 Å². The average molecular weight is 292 g/mol. The van der Waals surface area contributed by atoms with Gasteiger partial charge in [0.25, 0.3) is 0 Å². The smallest absolute Gasteiger partial charge is 0.166 e. The van der Waals surface area contributed by atoms with Crippen LogP contribution >= 0.6 is 0 Å². The molecule has 2 aromatic rings. The molecule has 0 aromatic heterocycles. The Balaban J connectivity index is 2.11. The van der Waals surface area contributed by atoms with Crippen molar-refractivity contribution < 1.29 is 4.79 Å². The van der Waals surface area contributed by atoms with E-state index in [1.54, 1.807) is 0 Å². The fourth-order valence-electron chi connectivity index (χ4n) is 3.33. The Hall–Kier alpha value is -1.89. The van der Waals surface area contributed by atoms with Gasteiger partial charge in [-0.2, -0.15) is 0 Å². The quantitative estimate of drug-likeness (QED) is 0.694. The summed E-state index contributed by atoms with van der Waals surface area (Å²) in [7, 11) is 0.